The third kappa shape index (κ3) is 2.98. The van der Waals surface area contributed by atoms with Gasteiger partial charge in [0.05, 0.1) is 13.0 Å². The molecule has 2 unspecified atom stereocenters. The summed E-state index contributed by atoms with van der Waals surface area (Å²) in [5.41, 5.74) is 2.51. The first-order valence-corrected chi connectivity index (χ1v) is 7.13. The molecular weight excluding hydrogens is 240 g/mol. The van der Waals surface area contributed by atoms with Crippen molar-refractivity contribution < 1.29 is 14.6 Å². The predicted octanol–water partition coefficient (Wildman–Crippen LogP) is 3.16. The van der Waals surface area contributed by atoms with Crippen LogP contribution in [0.3, 0.4) is 0 Å². The Bertz CT molecular complexity index is 459. The van der Waals surface area contributed by atoms with Crippen molar-refractivity contribution in [3.63, 3.8) is 0 Å². The first-order chi connectivity index (χ1) is 9.24. The molecule has 1 aromatic carbocycles. The summed E-state index contributed by atoms with van der Waals surface area (Å²) in [6.07, 6.45) is 3.69. The van der Waals surface area contributed by atoms with Gasteiger partial charge in [-0.2, -0.15) is 0 Å². The van der Waals surface area contributed by atoms with Crippen molar-refractivity contribution in [1.82, 2.24) is 0 Å². The molecule has 1 heterocycles. The number of carboxylic acid groups (broad SMARTS) is 1. The van der Waals surface area contributed by atoms with Crippen molar-refractivity contribution in [3.8, 4) is 0 Å². The van der Waals surface area contributed by atoms with E-state index < -0.39 is 5.97 Å². The van der Waals surface area contributed by atoms with Crippen molar-refractivity contribution in [1.29, 1.82) is 0 Å². The van der Waals surface area contributed by atoms with Crippen molar-refractivity contribution in [2.24, 2.45) is 5.92 Å². The summed E-state index contributed by atoms with van der Waals surface area (Å²) in [5, 5.41) is 9.08. The molecule has 1 N–H and O–H groups in total. The Morgan fingerprint density at radius 2 is 2.21 bits per heavy atom. The van der Waals surface area contributed by atoms with Crippen LogP contribution in [-0.2, 0) is 9.53 Å². The lowest BCUT2D eigenvalue weighted by Gasteiger charge is -2.17. The van der Waals surface area contributed by atoms with E-state index in [0.717, 1.165) is 19.6 Å². The van der Waals surface area contributed by atoms with Crippen LogP contribution in [0.5, 0.6) is 0 Å². The van der Waals surface area contributed by atoms with Crippen LogP contribution >= 0.6 is 0 Å². The molecule has 1 aliphatic carbocycles. The molecule has 3 nitrogen and oxygen atoms in total. The number of carbonyl (C=O) groups is 1. The third-order valence-corrected chi connectivity index (χ3v) is 4.33. The second kappa shape index (κ2) is 5.33. The van der Waals surface area contributed by atoms with E-state index in [4.69, 9.17) is 9.84 Å². The number of hydrogen-bond donors (Lipinski definition) is 1. The maximum absolute atomic E-state index is 11.0. The number of ether oxygens (including phenoxy) is 1. The normalized spacial score (nSPS) is 24.3. The Labute approximate surface area is 113 Å². The van der Waals surface area contributed by atoms with E-state index in [-0.39, 0.29) is 12.3 Å². The molecule has 19 heavy (non-hydrogen) atoms. The minimum Gasteiger partial charge on any atom is -0.481 e. The van der Waals surface area contributed by atoms with Crippen molar-refractivity contribution in [2.45, 2.75) is 37.5 Å². The standard InChI is InChI=1S/C16H20O3/c17-16(18)9-15(11-4-5-11)13-3-1-2-12(8-13)14-6-7-19-10-14/h1-3,8,11,14-15H,4-7,9-10H2,(H,17,18). The molecule has 3 heteroatoms. The van der Waals surface area contributed by atoms with Gasteiger partial charge in [0.1, 0.15) is 0 Å². The zero-order chi connectivity index (χ0) is 13.2. The second-order valence-electron chi connectivity index (χ2n) is 5.77. The molecule has 0 spiro atoms. The summed E-state index contributed by atoms with van der Waals surface area (Å²) in [4.78, 5) is 11.0. The van der Waals surface area contributed by atoms with Crippen LogP contribution in [0.1, 0.15) is 48.6 Å². The summed E-state index contributed by atoms with van der Waals surface area (Å²) in [6, 6.07) is 8.52. The number of carboxylic acids is 1. The smallest absolute Gasteiger partial charge is 0.303 e. The molecule has 1 aliphatic heterocycles. The minimum absolute atomic E-state index is 0.194. The molecule has 1 saturated heterocycles. The van der Waals surface area contributed by atoms with Crippen molar-refractivity contribution in [3.05, 3.63) is 35.4 Å². The number of hydrogen-bond acceptors (Lipinski definition) is 2. The third-order valence-electron chi connectivity index (χ3n) is 4.33. The van der Waals surface area contributed by atoms with Gasteiger partial charge in [0.2, 0.25) is 0 Å². The lowest BCUT2D eigenvalue weighted by Crippen LogP contribution is -2.09. The van der Waals surface area contributed by atoms with Gasteiger partial charge in [0.25, 0.3) is 0 Å². The fraction of sp³-hybridized carbons (Fsp3) is 0.562. The highest BCUT2D eigenvalue weighted by Gasteiger charge is 2.34. The van der Waals surface area contributed by atoms with E-state index in [1.807, 2.05) is 0 Å². The number of benzene rings is 1. The van der Waals surface area contributed by atoms with Crippen LogP contribution in [0.4, 0.5) is 0 Å². The van der Waals surface area contributed by atoms with Crippen molar-refractivity contribution >= 4 is 5.97 Å². The molecule has 3 rings (SSSR count). The maximum Gasteiger partial charge on any atom is 0.303 e. The van der Waals surface area contributed by atoms with Crippen LogP contribution in [0, 0.1) is 5.92 Å². The topological polar surface area (TPSA) is 46.5 Å². The first-order valence-electron chi connectivity index (χ1n) is 7.13. The van der Waals surface area contributed by atoms with Gasteiger partial charge < -0.3 is 9.84 Å². The molecule has 2 aliphatic rings. The van der Waals surface area contributed by atoms with Crippen LogP contribution in [0.25, 0.3) is 0 Å². The Hall–Kier alpha value is -1.35. The number of aliphatic carboxylic acids is 1. The van der Waals surface area contributed by atoms with Crippen LogP contribution in [0.15, 0.2) is 24.3 Å². The van der Waals surface area contributed by atoms with Gasteiger partial charge in [-0.05, 0) is 42.2 Å². The second-order valence-corrected chi connectivity index (χ2v) is 5.77. The first kappa shape index (κ1) is 12.7. The van der Waals surface area contributed by atoms with Gasteiger partial charge in [-0.1, -0.05) is 24.3 Å². The van der Waals surface area contributed by atoms with Crippen molar-refractivity contribution in [2.75, 3.05) is 13.2 Å². The summed E-state index contributed by atoms with van der Waals surface area (Å²) in [7, 11) is 0. The molecule has 1 aromatic rings. The predicted molar refractivity (Wildman–Crippen MR) is 72.3 cm³/mol. The summed E-state index contributed by atoms with van der Waals surface area (Å²) in [5.74, 6) is 0.571. The van der Waals surface area contributed by atoms with Crippen LogP contribution < -0.4 is 0 Å². The Kier molecular flexibility index (Phi) is 3.56. The van der Waals surface area contributed by atoms with Gasteiger partial charge >= 0.3 is 5.97 Å². The Morgan fingerprint density at radius 1 is 1.37 bits per heavy atom. The number of rotatable bonds is 5. The molecule has 2 fully saturated rings. The highest BCUT2D eigenvalue weighted by atomic mass is 16.5. The van der Waals surface area contributed by atoms with E-state index >= 15 is 0 Å². The highest BCUT2D eigenvalue weighted by molar-refractivity contribution is 5.68. The Balaban J connectivity index is 1.81. The average molecular weight is 260 g/mol. The van der Waals surface area contributed by atoms with Gasteiger partial charge in [-0.15, -0.1) is 0 Å². The Morgan fingerprint density at radius 3 is 2.84 bits per heavy atom. The van der Waals surface area contributed by atoms with E-state index in [1.165, 1.54) is 24.0 Å². The van der Waals surface area contributed by atoms with Gasteiger partial charge in [0, 0.05) is 12.5 Å². The van der Waals surface area contributed by atoms with Gasteiger partial charge in [0.15, 0.2) is 0 Å². The monoisotopic (exact) mass is 260 g/mol. The average Bonchev–Trinajstić information content (AvgIpc) is 3.09. The van der Waals surface area contributed by atoms with Gasteiger partial charge in [-0.3, -0.25) is 4.79 Å². The van der Waals surface area contributed by atoms with Gasteiger partial charge in [-0.25, -0.2) is 0 Å². The molecule has 0 radical (unpaired) electrons. The molecule has 1 saturated carbocycles. The quantitative estimate of drug-likeness (QED) is 0.884. The molecule has 102 valence electrons. The SMILES string of the molecule is O=C(O)CC(c1cccc(C2CCOC2)c1)C1CC1. The fourth-order valence-corrected chi connectivity index (χ4v) is 3.08. The summed E-state index contributed by atoms with van der Waals surface area (Å²) >= 11 is 0. The summed E-state index contributed by atoms with van der Waals surface area (Å²) < 4.78 is 5.44. The molecule has 0 aromatic heterocycles. The van der Waals surface area contributed by atoms with E-state index in [0.29, 0.717) is 11.8 Å². The highest BCUT2D eigenvalue weighted by Crippen LogP contribution is 2.45. The lowest BCUT2D eigenvalue weighted by atomic mass is 9.87. The maximum atomic E-state index is 11.0. The van der Waals surface area contributed by atoms with E-state index in [1.54, 1.807) is 0 Å². The lowest BCUT2D eigenvalue weighted by molar-refractivity contribution is -0.137. The molecule has 2 atom stereocenters. The molecular formula is C16H20O3. The largest absolute Gasteiger partial charge is 0.481 e. The minimum atomic E-state index is -0.688. The molecule has 0 bridgehead atoms. The van der Waals surface area contributed by atoms with Crippen LogP contribution in [-0.4, -0.2) is 24.3 Å². The summed E-state index contributed by atoms with van der Waals surface area (Å²) in [6.45, 7) is 1.65. The fourth-order valence-electron chi connectivity index (χ4n) is 3.08. The zero-order valence-corrected chi connectivity index (χ0v) is 11.0. The van der Waals surface area contributed by atoms with E-state index in [9.17, 15) is 4.79 Å². The zero-order valence-electron chi connectivity index (χ0n) is 11.0. The van der Waals surface area contributed by atoms with Crippen LogP contribution in [0.2, 0.25) is 0 Å². The van der Waals surface area contributed by atoms with E-state index in [2.05, 4.69) is 24.3 Å². The molecule has 0 amide bonds.